The highest BCUT2D eigenvalue weighted by Gasteiger charge is 2.41. The van der Waals surface area contributed by atoms with Gasteiger partial charge in [-0.3, -0.25) is 4.55 Å². The average molecular weight is 317 g/mol. The summed E-state index contributed by atoms with van der Waals surface area (Å²) >= 11 is 0. The highest BCUT2D eigenvalue weighted by molar-refractivity contribution is 7.85. The van der Waals surface area contributed by atoms with Crippen LogP contribution in [0.2, 0.25) is 0 Å². The van der Waals surface area contributed by atoms with Gasteiger partial charge in [-0.25, -0.2) is 4.79 Å². The molecule has 0 fully saturated rings. The second-order valence-electron chi connectivity index (χ2n) is 6.15. The molecule has 21 heavy (non-hydrogen) atoms. The Morgan fingerprint density at radius 2 is 2.00 bits per heavy atom. The van der Waals surface area contributed by atoms with E-state index in [0.717, 1.165) is 0 Å². The summed E-state index contributed by atoms with van der Waals surface area (Å²) in [5.74, 6) is -0.851. The quantitative estimate of drug-likeness (QED) is 0.776. The minimum absolute atomic E-state index is 0.253. The lowest BCUT2D eigenvalue weighted by Gasteiger charge is -2.38. The van der Waals surface area contributed by atoms with E-state index in [1.54, 1.807) is 39.0 Å². The zero-order valence-electron chi connectivity index (χ0n) is 12.8. The SMILES string of the molecule is CC[C@@H]1C=CC=CC1(CS(=O)(=O)O)NC(=O)OC(C)(C)C. The van der Waals surface area contributed by atoms with Gasteiger partial charge < -0.3 is 10.1 Å². The summed E-state index contributed by atoms with van der Waals surface area (Å²) in [7, 11) is -4.27. The van der Waals surface area contributed by atoms with Crippen molar-refractivity contribution in [3.8, 4) is 0 Å². The first-order chi connectivity index (χ1) is 9.47. The Kier molecular flexibility index (Phi) is 5.22. The molecule has 0 bridgehead atoms. The van der Waals surface area contributed by atoms with Crippen LogP contribution < -0.4 is 5.32 Å². The van der Waals surface area contributed by atoms with Crippen molar-refractivity contribution in [1.29, 1.82) is 0 Å². The number of alkyl carbamates (subject to hydrolysis) is 1. The van der Waals surface area contributed by atoms with Crippen LogP contribution >= 0.6 is 0 Å². The van der Waals surface area contributed by atoms with Gasteiger partial charge >= 0.3 is 6.09 Å². The van der Waals surface area contributed by atoms with Crippen molar-refractivity contribution in [3.63, 3.8) is 0 Å². The fourth-order valence-corrected chi connectivity index (χ4v) is 3.33. The summed E-state index contributed by atoms with van der Waals surface area (Å²) in [5, 5.41) is 2.61. The number of carbonyl (C=O) groups is 1. The standard InChI is InChI=1S/C14H23NO5S/c1-5-11-8-6-7-9-14(11,10-21(17,18)19)15-12(16)20-13(2,3)4/h6-9,11H,5,10H2,1-4H3,(H,15,16)(H,17,18,19)/t11-,14?/m1/s1. The third-order valence-electron chi connectivity index (χ3n) is 3.10. The lowest BCUT2D eigenvalue weighted by Crippen LogP contribution is -2.57. The Balaban J connectivity index is 3.06. The van der Waals surface area contributed by atoms with Gasteiger partial charge in [0, 0.05) is 5.92 Å². The van der Waals surface area contributed by atoms with Gasteiger partial charge in [-0.1, -0.05) is 31.2 Å². The number of ether oxygens (including phenoxy) is 1. The third kappa shape index (κ3) is 5.51. The van der Waals surface area contributed by atoms with E-state index in [1.807, 2.05) is 13.0 Å². The van der Waals surface area contributed by atoms with Gasteiger partial charge in [0.15, 0.2) is 0 Å². The molecule has 0 heterocycles. The number of nitrogens with one attached hydrogen (secondary N) is 1. The Labute approximate surface area is 126 Å². The molecule has 0 aromatic carbocycles. The maximum Gasteiger partial charge on any atom is 0.408 e. The molecule has 2 atom stereocenters. The second kappa shape index (κ2) is 6.19. The predicted octanol–water partition coefficient (Wildman–Crippen LogP) is 2.29. The van der Waals surface area contributed by atoms with Crippen molar-refractivity contribution >= 4 is 16.2 Å². The number of allylic oxidation sites excluding steroid dienone is 2. The maximum absolute atomic E-state index is 12.0. The first kappa shape index (κ1) is 17.7. The molecule has 1 amide bonds. The molecule has 1 unspecified atom stereocenters. The molecule has 0 spiro atoms. The van der Waals surface area contributed by atoms with Gasteiger partial charge in [-0.05, 0) is 27.2 Å². The van der Waals surface area contributed by atoms with Crippen LogP contribution in [0.15, 0.2) is 24.3 Å². The Morgan fingerprint density at radius 1 is 1.38 bits per heavy atom. The van der Waals surface area contributed by atoms with E-state index in [0.29, 0.717) is 6.42 Å². The van der Waals surface area contributed by atoms with Gasteiger partial charge in [0.25, 0.3) is 10.1 Å². The Morgan fingerprint density at radius 3 is 2.48 bits per heavy atom. The summed E-state index contributed by atoms with van der Waals surface area (Å²) in [5.41, 5.74) is -1.90. The number of amides is 1. The van der Waals surface area contributed by atoms with Crippen molar-refractivity contribution < 1.29 is 22.5 Å². The normalized spacial score (nSPS) is 25.7. The Bertz CT molecular complexity index is 544. The van der Waals surface area contributed by atoms with Gasteiger partial charge in [0.05, 0.1) is 5.54 Å². The van der Waals surface area contributed by atoms with Crippen molar-refractivity contribution in [2.24, 2.45) is 5.92 Å². The molecule has 0 radical (unpaired) electrons. The first-order valence-electron chi connectivity index (χ1n) is 6.80. The molecule has 7 heteroatoms. The van der Waals surface area contributed by atoms with Gasteiger partial charge in [0.1, 0.15) is 11.4 Å². The van der Waals surface area contributed by atoms with Crippen molar-refractivity contribution in [1.82, 2.24) is 5.32 Å². The fourth-order valence-electron chi connectivity index (χ4n) is 2.34. The maximum atomic E-state index is 12.0. The molecule has 0 aliphatic heterocycles. The highest BCUT2D eigenvalue weighted by Crippen LogP contribution is 2.29. The van der Waals surface area contributed by atoms with E-state index in [-0.39, 0.29) is 5.92 Å². The number of carbonyl (C=O) groups excluding carboxylic acids is 1. The van der Waals surface area contributed by atoms with E-state index in [1.165, 1.54) is 0 Å². The number of rotatable bonds is 4. The third-order valence-corrected chi connectivity index (χ3v) is 3.95. The van der Waals surface area contributed by atoms with E-state index < -0.39 is 33.1 Å². The van der Waals surface area contributed by atoms with Crippen molar-refractivity contribution in [3.05, 3.63) is 24.3 Å². The topological polar surface area (TPSA) is 92.7 Å². The fraction of sp³-hybridized carbons (Fsp3) is 0.643. The van der Waals surface area contributed by atoms with Crippen LogP contribution in [-0.2, 0) is 14.9 Å². The van der Waals surface area contributed by atoms with Crippen molar-refractivity contribution in [2.45, 2.75) is 45.3 Å². The Hall–Kier alpha value is -1.34. The summed E-state index contributed by atoms with van der Waals surface area (Å²) in [4.78, 5) is 12.0. The van der Waals surface area contributed by atoms with E-state index in [9.17, 15) is 17.8 Å². The molecule has 0 saturated carbocycles. The monoisotopic (exact) mass is 317 g/mol. The summed E-state index contributed by atoms with van der Waals surface area (Å²) < 4.78 is 37.1. The summed E-state index contributed by atoms with van der Waals surface area (Å²) in [6.45, 7) is 7.03. The molecule has 120 valence electrons. The minimum Gasteiger partial charge on any atom is -0.444 e. The average Bonchev–Trinajstić information content (AvgIpc) is 2.23. The van der Waals surface area contributed by atoms with Crippen LogP contribution in [0.5, 0.6) is 0 Å². The molecule has 0 aromatic heterocycles. The minimum atomic E-state index is -4.27. The number of hydrogen-bond donors (Lipinski definition) is 2. The van der Waals surface area contributed by atoms with Gasteiger partial charge in [-0.15, -0.1) is 0 Å². The summed E-state index contributed by atoms with van der Waals surface area (Å²) in [6, 6.07) is 0. The molecule has 1 aliphatic carbocycles. The second-order valence-corrected chi connectivity index (χ2v) is 7.60. The molecule has 6 nitrogen and oxygen atoms in total. The zero-order chi connectivity index (χ0) is 16.3. The molecule has 0 saturated heterocycles. The highest BCUT2D eigenvalue weighted by atomic mass is 32.2. The molecule has 1 aliphatic rings. The van der Waals surface area contributed by atoms with Crippen molar-refractivity contribution in [2.75, 3.05) is 5.75 Å². The molecule has 0 aromatic rings. The molecule has 1 rings (SSSR count). The molecular weight excluding hydrogens is 294 g/mol. The zero-order valence-corrected chi connectivity index (χ0v) is 13.6. The van der Waals surface area contributed by atoms with E-state index in [2.05, 4.69) is 5.32 Å². The van der Waals surface area contributed by atoms with Gasteiger partial charge in [-0.2, -0.15) is 8.42 Å². The van der Waals surface area contributed by atoms with Crippen LogP contribution in [0, 0.1) is 5.92 Å². The van der Waals surface area contributed by atoms with E-state index in [4.69, 9.17) is 4.74 Å². The lowest BCUT2D eigenvalue weighted by molar-refractivity contribution is 0.0466. The van der Waals surface area contributed by atoms with Crippen LogP contribution in [0.4, 0.5) is 4.79 Å². The largest absolute Gasteiger partial charge is 0.444 e. The molecular formula is C14H23NO5S. The molecule has 2 N–H and O–H groups in total. The van der Waals surface area contributed by atoms with Crippen LogP contribution in [0.3, 0.4) is 0 Å². The predicted molar refractivity (Wildman–Crippen MR) is 80.6 cm³/mol. The van der Waals surface area contributed by atoms with Gasteiger partial charge in [0.2, 0.25) is 0 Å². The van der Waals surface area contributed by atoms with Crippen LogP contribution in [0.25, 0.3) is 0 Å². The van der Waals surface area contributed by atoms with Crippen LogP contribution in [-0.4, -0.2) is 36.0 Å². The smallest absolute Gasteiger partial charge is 0.408 e. The first-order valence-corrected chi connectivity index (χ1v) is 8.41. The van der Waals surface area contributed by atoms with Crippen LogP contribution in [0.1, 0.15) is 34.1 Å². The lowest BCUT2D eigenvalue weighted by atomic mass is 9.80. The number of hydrogen-bond acceptors (Lipinski definition) is 4. The van der Waals surface area contributed by atoms with E-state index >= 15 is 0 Å². The summed E-state index contributed by atoms with van der Waals surface area (Å²) in [6.07, 6.45) is 6.71.